The number of Topliss-reactive ketones (excluding diaryl/α,β-unsaturated/α-hetero) is 1. The fraction of sp³-hybridized carbons (Fsp3) is 0.462. The molecule has 3 nitrogen and oxygen atoms in total. The summed E-state index contributed by atoms with van der Waals surface area (Å²) in [5.41, 5.74) is 4.48. The lowest BCUT2D eigenvalue weighted by Gasteiger charge is -2.15. The molecule has 0 saturated carbocycles. The lowest BCUT2D eigenvalue weighted by Crippen LogP contribution is -2.12. The third-order valence-electron chi connectivity index (χ3n) is 3.57. The summed E-state index contributed by atoms with van der Waals surface area (Å²) in [6.45, 7) is 1.94. The van der Waals surface area contributed by atoms with E-state index >= 15 is 0 Å². The summed E-state index contributed by atoms with van der Waals surface area (Å²) in [7, 11) is 2.09. The highest BCUT2D eigenvalue weighted by Crippen LogP contribution is 2.35. The maximum Gasteiger partial charge on any atom is 0.165 e. The van der Waals surface area contributed by atoms with E-state index in [9.17, 15) is 4.79 Å². The third kappa shape index (κ3) is 1.31. The van der Waals surface area contributed by atoms with Gasteiger partial charge < -0.3 is 10.2 Å². The Bertz CT molecular complexity index is 453. The molecule has 0 bridgehead atoms. The predicted octanol–water partition coefficient (Wildman–Crippen LogP) is 2.07. The Balaban J connectivity index is 2.19. The topological polar surface area (TPSA) is 32.3 Å². The van der Waals surface area contributed by atoms with Crippen LogP contribution in [0.5, 0.6) is 0 Å². The van der Waals surface area contributed by atoms with Crippen molar-refractivity contribution in [3.05, 3.63) is 23.3 Å². The summed E-state index contributed by atoms with van der Waals surface area (Å²) in [4.78, 5) is 14.3. The van der Waals surface area contributed by atoms with Crippen LogP contribution >= 0.6 is 0 Å². The van der Waals surface area contributed by atoms with E-state index in [0.29, 0.717) is 12.2 Å². The highest BCUT2D eigenvalue weighted by atomic mass is 16.1. The van der Waals surface area contributed by atoms with Crippen molar-refractivity contribution in [2.24, 2.45) is 0 Å². The van der Waals surface area contributed by atoms with Crippen LogP contribution in [0, 0.1) is 0 Å². The van der Waals surface area contributed by atoms with E-state index in [1.165, 1.54) is 11.3 Å². The highest BCUT2D eigenvalue weighted by molar-refractivity contribution is 6.04. The third-order valence-corrected chi connectivity index (χ3v) is 3.57. The summed E-state index contributed by atoms with van der Waals surface area (Å²) in [5, 5.41) is 3.36. The number of hydrogen-bond donors (Lipinski definition) is 1. The van der Waals surface area contributed by atoms with Gasteiger partial charge in [-0.1, -0.05) is 0 Å². The van der Waals surface area contributed by atoms with E-state index in [1.54, 1.807) is 0 Å². The van der Waals surface area contributed by atoms with Crippen LogP contribution in [0.3, 0.4) is 0 Å². The van der Waals surface area contributed by atoms with Crippen molar-refractivity contribution in [3.8, 4) is 0 Å². The Morgan fingerprint density at radius 3 is 3.06 bits per heavy atom. The van der Waals surface area contributed by atoms with Gasteiger partial charge in [0.2, 0.25) is 0 Å². The Morgan fingerprint density at radius 2 is 2.19 bits per heavy atom. The van der Waals surface area contributed by atoms with E-state index in [0.717, 1.165) is 37.2 Å². The van der Waals surface area contributed by atoms with Crippen LogP contribution < -0.4 is 10.2 Å². The monoisotopic (exact) mass is 216 g/mol. The number of anilines is 2. The molecule has 16 heavy (non-hydrogen) atoms. The molecule has 0 spiro atoms. The van der Waals surface area contributed by atoms with Crippen molar-refractivity contribution < 1.29 is 4.79 Å². The smallest absolute Gasteiger partial charge is 0.165 e. The zero-order chi connectivity index (χ0) is 11.1. The largest absolute Gasteiger partial charge is 0.384 e. The van der Waals surface area contributed by atoms with E-state index in [1.807, 2.05) is 0 Å². The van der Waals surface area contributed by atoms with Crippen molar-refractivity contribution >= 4 is 17.2 Å². The van der Waals surface area contributed by atoms with Crippen LogP contribution in [0.2, 0.25) is 0 Å². The molecule has 0 atom stereocenters. The zero-order valence-corrected chi connectivity index (χ0v) is 9.55. The van der Waals surface area contributed by atoms with Crippen molar-refractivity contribution in [2.75, 3.05) is 30.4 Å². The standard InChI is InChI=1S/C13H16N2O/c1-15-8-6-9-11(15)5-4-10-13(9)12(16)3-2-7-14-10/h4-5,14H,2-3,6-8H2,1H3. The first kappa shape index (κ1) is 9.70. The average Bonchev–Trinajstić information content (AvgIpc) is 2.54. The van der Waals surface area contributed by atoms with Crippen LogP contribution in [0.25, 0.3) is 0 Å². The van der Waals surface area contributed by atoms with Gasteiger partial charge in [-0.15, -0.1) is 0 Å². The van der Waals surface area contributed by atoms with Crippen LogP contribution in [-0.2, 0) is 6.42 Å². The minimum absolute atomic E-state index is 0.312. The molecule has 3 rings (SSSR count). The predicted molar refractivity (Wildman–Crippen MR) is 65.5 cm³/mol. The van der Waals surface area contributed by atoms with E-state index in [2.05, 4.69) is 29.4 Å². The van der Waals surface area contributed by atoms with Gasteiger partial charge in [0.05, 0.1) is 0 Å². The molecule has 0 radical (unpaired) electrons. The second kappa shape index (κ2) is 3.51. The summed E-state index contributed by atoms with van der Waals surface area (Å²) < 4.78 is 0. The maximum absolute atomic E-state index is 12.1. The highest BCUT2D eigenvalue weighted by Gasteiger charge is 2.26. The molecule has 0 amide bonds. The number of carbonyl (C=O) groups is 1. The zero-order valence-electron chi connectivity index (χ0n) is 9.55. The molecule has 1 aromatic carbocycles. The lowest BCUT2D eigenvalue weighted by atomic mass is 9.98. The van der Waals surface area contributed by atoms with Crippen molar-refractivity contribution in [3.63, 3.8) is 0 Å². The second-order valence-electron chi connectivity index (χ2n) is 4.61. The summed E-state index contributed by atoms with van der Waals surface area (Å²) >= 11 is 0. The molecule has 2 aliphatic rings. The number of nitrogens with zero attached hydrogens (tertiary/aromatic N) is 1. The minimum atomic E-state index is 0.312. The molecule has 0 unspecified atom stereocenters. The minimum Gasteiger partial charge on any atom is -0.384 e. The lowest BCUT2D eigenvalue weighted by molar-refractivity contribution is 0.0983. The molecule has 2 heterocycles. The van der Waals surface area contributed by atoms with Gasteiger partial charge in [0.15, 0.2) is 5.78 Å². The van der Waals surface area contributed by atoms with Crippen molar-refractivity contribution in [1.82, 2.24) is 0 Å². The number of carbonyl (C=O) groups excluding carboxylic acids is 1. The molecule has 0 saturated heterocycles. The Morgan fingerprint density at radius 1 is 1.31 bits per heavy atom. The number of ketones is 1. The first-order valence-corrected chi connectivity index (χ1v) is 5.91. The number of nitrogens with one attached hydrogen (secondary N) is 1. The first-order valence-electron chi connectivity index (χ1n) is 5.91. The van der Waals surface area contributed by atoms with Crippen LogP contribution in [0.1, 0.15) is 28.8 Å². The molecule has 1 N–H and O–H groups in total. The van der Waals surface area contributed by atoms with Gasteiger partial charge in [0.1, 0.15) is 0 Å². The van der Waals surface area contributed by atoms with Gasteiger partial charge in [-0.2, -0.15) is 0 Å². The van der Waals surface area contributed by atoms with Gasteiger partial charge in [-0.25, -0.2) is 0 Å². The van der Waals surface area contributed by atoms with Gasteiger partial charge in [0, 0.05) is 43.5 Å². The van der Waals surface area contributed by atoms with Gasteiger partial charge in [-0.3, -0.25) is 4.79 Å². The number of hydrogen-bond acceptors (Lipinski definition) is 3. The van der Waals surface area contributed by atoms with Gasteiger partial charge in [-0.05, 0) is 30.5 Å². The first-order chi connectivity index (χ1) is 7.77. The molecule has 0 aromatic heterocycles. The molecule has 84 valence electrons. The maximum atomic E-state index is 12.1. The fourth-order valence-corrected chi connectivity index (χ4v) is 2.71. The van der Waals surface area contributed by atoms with E-state index in [-0.39, 0.29) is 0 Å². The Kier molecular flexibility index (Phi) is 2.13. The summed E-state index contributed by atoms with van der Waals surface area (Å²) in [6, 6.07) is 4.19. The van der Waals surface area contributed by atoms with E-state index < -0.39 is 0 Å². The Hall–Kier alpha value is -1.51. The second-order valence-corrected chi connectivity index (χ2v) is 4.61. The van der Waals surface area contributed by atoms with Crippen molar-refractivity contribution in [1.29, 1.82) is 0 Å². The van der Waals surface area contributed by atoms with E-state index in [4.69, 9.17) is 0 Å². The molecule has 3 heteroatoms. The molecule has 2 aliphatic heterocycles. The average molecular weight is 216 g/mol. The summed E-state index contributed by atoms with van der Waals surface area (Å²) in [6.07, 6.45) is 2.63. The normalized spacial score (nSPS) is 18.8. The quantitative estimate of drug-likeness (QED) is 0.720. The van der Waals surface area contributed by atoms with Gasteiger partial charge >= 0.3 is 0 Å². The molecule has 1 aromatic rings. The summed E-state index contributed by atoms with van der Waals surface area (Å²) in [5.74, 6) is 0.312. The van der Waals surface area contributed by atoms with Crippen LogP contribution in [0.4, 0.5) is 11.4 Å². The van der Waals surface area contributed by atoms with Crippen LogP contribution in [-0.4, -0.2) is 25.9 Å². The molecule has 0 aliphatic carbocycles. The fourth-order valence-electron chi connectivity index (χ4n) is 2.71. The Labute approximate surface area is 95.4 Å². The SMILES string of the molecule is CN1CCc2c1ccc1c2C(=O)CCCN1. The van der Waals surface area contributed by atoms with Gasteiger partial charge in [0.25, 0.3) is 0 Å². The number of rotatable bonds is 0. The number of fused-ring (bicyclic) bond motifs is 3. The number of likely N-dealkylation sites (N-methyl/N-ethyl adjacent to an activating group) is 1. The molecular formula is C13H16N2O. The molecule has 0 fully saturated rings. The number of benzene rings is 1. The van der Waals surface area contributed by atoms with Crippen LogP contribution in [0.15, 0.2) is 12.1 Å². The molecular weight excluding hydrogens is 200 g/mol. The van der Waals surface area contributed by atoms with Crippen molar-refractivity contribution in [2.45, 2.75) is 19.3 Å².